The van der Waals surface area contributed by atoms with Crippen molar-refractivity contribution < 1.29 is 4.74 Å². The minimum absolute atomic E-state index is 0. The number of fused-ring (bicyclic) bond motifs is 9. The summed E-state index contributed by atoms with van der Waals surface area (Å²) in [6.45, 7) is 62.5. The van der Waals surface area contributed by atoms with Crippen LogP contribution in [0, 0.1) is 51.9 Å². The van der Waals surface area contributed by atoms with Gasteiger partial charge in [0, 0.05) is 5.41 Å². The zero-order valence-corrected chi connectivity index (χ0v) is 65.2. The van der Waals surface area contributed by atoms with Gasteiger partial charge in [-0.1, -0.05) is 335 Å². The molecule has 0 spiro atoms. The van der Waals surface area contributed by atoms with Crippen LogP contribution in [0.1, 0.15) is 304 Å². The first-order chi connectivity index (χ1) is 42.2. The third-order valence-electron chi connectivity index (χ3n) is 19.4. The molecule has 92 heavy (non-hydrogen) atoms. The van der Waals surface area contributed by atoms with Gasteiger partial charge in [0.15, 0.2) is 0 Å². The number of nitrogens with zero attached hydrogens (tertiary/aromatic N) is 1. The van der Waals surface area contributed by atoms with Crippen LogP contribution >= 0.6 is 11.8 Å². The normalized spacial score (nSPS) is 19.6. The van der Waals surface area contributed by atoms with Crippen LogP contribution in [0.3, 0.4) is 0 Å². The average molecular weight is 1270 g/mol. The smallest absolute Gasteiger partial charge is 0.292 e. The Bertz CT molecular complexity index is 2930. The summed E-state index contributed by atoms with van der Waals surface area (Å²) in [5.41, 5.74) is 15.0. The summed E-state index contributed by atoms with van der Waals surface area (Å²) in [4.78, 5) is 0. The zero-order chi connectivity index (χ0) is 69.6. The molecule has 0 aliphatic heterocycles. The molecule has 0 radical (unpaired) electrons. The minimum atomic E-state index is 0. The molecule has 514 valence electrons. The molecule has 5 aliphatic carbocycles. The Morgan fingerprint density at radius 3 is 1.18 bits per heavy atom. The van der Waals surface area contributed by atoms with Crippen molar-refractivity contribution in [2.24, 2.45) is 40.4 Å². The molecular weight excluding hydrogens is 1130 g/mol. The predicted octanol–water partition coefficient (Wildman–Crippen LogP) is 28.3. The first-order valence-corrected chi connectivity index (χ1v) is 37.3. The van der Waals surface area contributed by atoms with Crippen LogP contribution in [0.15, 0.2) is 133 Å². The molecule has 5 atom stereocenters. The number of thioether (sulfide) groups is 1. The summed E-state index contributed by atoms with van der Waals surface area (Å²) < 4.78 is 4.68. The topological polar surface area (TPSA) is 33.0 Å². The van der Waals surface area contributed by atoms with Gasteiger partial charge in [-0.3, -0.25) is 0 Å². The summed E-state index contributed by atoms with van der Waals surface area (Å²) in [6, 6.07) is 47.6. The molecule has 5 aliphatic rings. The lowest BCUT2D eigenvalue weighted by Crippen LogP contribution is -2.34. The largest absolute Gasteiger partial charge is 0.388 e. The van der Waals surface area contributed by atoms with E-state index in [0.717, 1.165) is 5.92 Å². The average Bonchev–Trinajstić information content (AvgIpc) is 1.59. The van der Waals surface area contributed by atoms with Crippen LogP contribution in [-0.2, 0) is 32.5 Å². The van der Waals surface area contributed by atoms with Gasteiger partial charge in [-0.15, -0.1) is 5.26 Å². The van der Waals surface area contributed by atoms with Crippen LogP contribution < -0.4 is 4.74 Å². The maximum Gasteiger partial charge on any atom is 0.292 e. The van der Waals surface area contributed by atoms with Crippen LogP contribution in [-0.4, -0.2) is 12.5 Å². The van der Waals surface area contributed by atoms with Crippen LogP contribution in [0.5, 0.6) is 5.75 Å². The van der Waals surface area contributed by atoms with Gasteiger partial charge >= 0.3 is 0 Å². The van der Waals surface area contributed by atoms with Crippen molar-refractivity contribution in [3.8, 4) is 23.1 Å². The number of rotatable bonds is 1. The molecule has 3 heteroatoms. The SMILES string of the molecule is C.C1CC2C3CCC(C3)C2C1.CC.CC.CC(C)(C)c1ccc(OC#N)cc1.CC(C)(C)c1ccc2ccc(C(C)(C)C)cc2c1.CC(C)(C)c1cccc(C(C)(C)C)c1.CC1(C)c2ccccc2-c2ccccc21.CC1CCC(C)(C)CC1(C)C.CCC.CSC. The van der Waals surface area contributed by atoms with Crippen molar-refractivity contribution >= 4 is 22.5 Å². The lowest BCUT2D eigenvalue weighted by Gasteiger charge is -2.45. The highest BCUT2D eigenvalue weighted by Crippen LogP contribution is 2.58. The van der Waals surface area contributed by atoms with Crippen molar-refractivity contribution in [2.75, 3.05) is 12.5 Å². The lowest BCUT2D eigenvalue weighted by atomic mass is 9.61. The van der Waals surface area contributed by atoms with Gasteiger partial charge < -0.3 is 4.74 Å². The van der Waals surface area contributed by atoms with Crippen molar-refractivity contribution in [2.45, 2.75) is 298 Å². The van der Waals surface area contributed by atoms with Crippen LogP contribution in [0.25, 0.3) is 21.9 Å². The molecule has 2 bridgehead atoms. The molecular formula is C89H141NOS. The van der Waals surface area contributed by atoms with Crippen molar-refractivity contribution in [1.82, 2.24) is 0 Å². The van der Waals surface area contributed by atoms with Crippen molar-refractivity contribution in [1.29, 1.82) is 5.26 Å². The second-order valence-electron chi connectivity index (χ2n) is 33.5. The maximum atomic E-state index is 8.28. The number of benzene rings is 6. The third-order valence-corrected chi connectivity index (χ3v) is 19.4. The molecule has 6 aromatic carbocycles. The van der Waals surface area contributed by atoms with Gasteiger partial charge in [-0.25, -0.2) is 0 Å². The molecule has 5 unspecified atom stereocenters. The minimum Gasteiger partial charge on any atom is -0.388 e. The molecule has 0 heterocycles. The Kier molecular flexibility index (Phi) is 34.7. The van der Waals surface area contributed by atoms with E-state index in [4.69, 9.17) is 5.26 Å². The molecule has 6 aromatic rings. The van der Waals surface area contributed by atoms with E-state index in [0.29, 0.717) is 16.6 Å². The Morgan fingerprint density at radius 2 is 0.837 bits per heavy atom. The molecule has 4 saturated carbocycles. The highest BCUT2D eigenvalue weighted by Gasteiger charge is 2.49. The Morgan fingerprint density at radius 1 is 0.478 bits per heavy atom. The Balaban J connectivity index is 0.000000539. The second kappa shape index (κ2) is 37.5. The maximum absolute atomic E-state index is 8.28. The second-order valence-corrected chi connectivity index (χ2v) is 34.3. The highest BCUT2D eigenvalue weighted by atomic mass is 32.2. The number of ether oxygens (including phenoxy) is 1. The van der Waals surface area contributed by atoms with E-state index in [2.05, 4.69) is 280 Å². The van der Waals surface area contributed by atoms with Crippen LogP contribution in [0.2, 0.25) is 0 Å². The summed E-state index contributed by atoms with van der Waals surface area (Å²) in [6.07, 6.45) is 20.7. The highest BCUT2D eigenvalue weighted by molar-refractivity contribution is 7.97. The molecule has 2 nitrogen and oxygen atoms in total. The summed E-state index contributed by atoms with van der Waals surface area (Å²) in [5.74, 6) is 6.30. The van der Waals surface area contributed by atoms with E-state index in [9.17, 15) is 0 Å². The molecule has 0 aromatic heterocycles. The molecule has 0 amide bonds. The predicted molar refractivity (Wildman–Crippen MR) is 418 cm³/mol. The summed E-state index contributed by atoms with van der Waals surface area (Å²) in [5, 5.41) is 11.0. The monoisotopic (exact) mass is 1270 g/mol. The molecule has 0 N–H and O–H groups in total. The van der Waals surface area contributed by atoms with E-state index in [1.807, 2.05) is 64.5 Å². The molecule has 0 saturated heterocycles. The number of hydrogen-bond acceptors (Lipinski definition) is 3. The van der Waals surface area contributed by atoms with Gasteiger partial charge in [0.2, 0.25) is 0 Å². The molecule has 4 fully saturated rings. The Labute approximate surface area is 575 Å². The Hall–Kier alpha value is -4.78. The number of nitriles is 1. The molecule has 11 rings (SSSR count). The number of hydrogen-bond donors (Lipinski definition) is 0. The van der Waals surface area contributed by atoms with Crippen molar-refractivity contribution in [3.05, 3.63) is 172 Å². The van der Waals surface area contributed by atoms with E-state index in [-0.39, 0.29) is 39.9 Å². The summed E-state index contributed by atoms with van der Waals surface area (Å²) >= 11 is 1.75. The van der Waals surface area contributed by atoms with E-state index in [1.54, 1.807) is 56.5 Å². The van der Waals surface area contributed by atoms with Crippen molar-refractivity contribution in [3.63, 3.8) is 0 Å². The fourth-order valence-corrected chi connectivity index (χ4v) is 13.9. The summed E-state index contributed by atoms with van der Waals surface area (Å²) in [7, 11) is 0. The van der Waals surface area contributed by atoms with E-state index < -0.39 is 0 Å². The fraction of sp³-hybridized carbons (Fsp3) is 0.607. The van der Waals surface area contributed by atoms with E-state index >= 15 is 0 Å². The quantitative estimate of drug-likeness (QED) is 0.154. The van der Waals surface area contributed by atoms with Gasteiger partial charge in [0.1, 0.15) is 5.75 Å². The standard InChI is InChI=1S/C18H24.C15H14.C14H22.C11H13NO.C11H22.C10H16.C3H8.C2H6S.2C2H6.CH4/c1-17(2,3)15-9-7-13-8-10-16(18(4,5)6)12-14(13)11-15;1-15(2)13-9-5-3-7-11(13)12-8-4-6-10-14(12)15;1-13(2,3)11-8-7-9-12(10-11)14(4,5)6;1-11(2,3)9-4-6-10(7-5-9)13-8-12;1-9-6-7-10(2,3)8-11(9,4)5;1-2-9-7-4-5-8(6-7)10(9)3-1;2*1-3-2;2*1-2;/h7-12H,1-6H3;3-10H,1-2H3;7-10H,1-6H3;4-7H,1-3H3;9H,6-8H2,1-5H3;7-10H,1-6H2;3H2,1-2H3;1-2H3;2*1-2H3;1H4. The third kappa shape index (κ3) is 25.7. The van der Waals surface area contributed by atoms with Gasteiger partial charge in [-0.05, 0) is 204 Å². The lowest BCUT2D eigenvalue weighted by molar-refractivity contribution is 0.0591. The van der Waals surface area contributed by atoms with Gasteiger partial charge in [-0.2, -0.15) is 11.8 Å². The van der Waals surface area contributed by atoms with Gasteiger partial charge in [0.25, 0.3) is 6.26 Å². The first kappa shape index (κ1) is 85.2. The van der Waals surface area contributed by atoms with Gasteiger partial charge in [0.05, 0.1) is 0 Å². The van der Waals surface area contributed by atoms with Crippen LogP contribution in [0.4, 0.5) is 0 Å². The van der Waals surface area contributed by atoms with E-state index in [1.165, 1.54) is 110 Å². The fourth-order valence-electron chi connectivity index (χ4n) is 13.9. The first-order valence-electron chi connectivity index (χ1n) is 35.7. The zero-order valence-electron chi connectivity index (χ0n) is 64.4.